The second-order valence-corrected chi connectivity index (χ2v) is 8.95. The number of piperazine rings is 1. The van der Waals surface area contributed by atoms with Gasteiger partial charge in [-0.25, -0.2) is 4.98 Å². The molecule has 1 aromatic carbocycles. The van der Waals surface area contributed by atoms with Crippen LogP contribution in [-0.2, 0) is 0 Å². The summed E-state index contributed by atoms with van der Waals surface area (Å²) >= 11 is 0. The second-order valence-electron chi connectivity index (χ2n) is 8.95. The number of Topliss-reactive ketones (excluding diaryl/α,β-unsaturated/α-hetero) is 1. The van der Waals surface area contributed by atoms with Crippen LogP contribution in [0.4, 0.5) is 11.5 Å². The van der Waals surface area contributed by atoms with Crippen LogP contribution < -0.4 is 15.1 Å². The summed E-state index contributed by atoms with van der Waals surface area (Å²) in [5.74, 6) is 0.809. The number of pyridine rings is 1. The van der Waals surface area contributed by atoms with E-state index in [0.717, 1.165) is 61.6 Å². The molecule has 0 amide bonds. The van der Waals surface area contributed by atoms with Crippen molar-refractivity contribution in [3.05, 3.63) is 47.7 Å². The first-order valence-corrected chi connectivity index (χ1v) is 11.4. The van der Waals surface area contributed by atoms with E-state index in [0.29, 0.717) is 23.2 Å². The fourth-order valence-corrected chi connectivity index (χ4v) is 4.92. The van der Waals surface area contributed by atoms with Gasteiger partial charge in [0.1, 0.15) is 23.3 Å². The number of ketones is 1. The highest BCUT2D eigenvalue weighted by Gasteiger charge is 2.31. The molecule has 0 atom stereocenters. The summed E-state index contributed by atoms with van der Waals surface area (Å²) < 4.78 is 2.18. The summed E-state index contributed by atoms with van der Waals surface area (Å²) in [6.45, 7) is 4.62. The molecule has 5 rings (SSSR count). The number of anilines is 2. The van der Waals surface area contributed by atoms with Crippen molar-refractivity contribution in [2.45, 2.75) is 31.8 Å². The number of hydrogen-bond acceptors (Lipinski definition) is 7. The van der Waals surface area contributed by atoms with E-state index in [4.69, 9.17) is 4.98 Å². The molecule has 8 heteroatoms. The van der Waals surface area contributed by atoms with E-state index in [1.54, 1.807) is 12.1 Å². The van der Waals surface area contributed by atoms with Gasteiger partial charge in [-0.3, -0.25) is 4.79 Å². The summed E-state index contributed by atoms with van der Waals surface area (Å²) in [7, 11) is 1.99. The third kappa shape index (κ3) is 3.79. The van der Waals surface area contributed by atoms with Gasteiger partial charge >= 0.3 is 0 Å². The maximum absolute atomic E-state index is 11.6. The van der Waals surface area contributed by atoms with Gasteiger partial charge in [-0.15, -0.1) is 0 Å². The Morgan fingerprint density at radius 2 is 1.88 bits per heavy atom. The molecule has 0 radical (unpaired) electrons. The average Bonchev–Trinajstić information content (AvgIpc) is 3.16. The van der Waals surface area contributed by atoms with Crippen molar-refractivity contribution in [3.8, 4) is 11.8 Å². The van der Waals surface area contributed by atoms with E-state index in [2.05, 4.69) is 25.8 Å². The van der Waals surface area contributed by atoms with Crippen LogP contribution >= 0.6 is 0 Å². The Hall–Kier alpha value is -3.57. The molecule has 0 unspecified atom stereocenters. The molecule has 3 aromatic rings. The van der Waals surface area contributed by atoms with Gasteiger partial charge in [0.25, 0.3) is 0 Å². The molecular weight excluding hydrogens is 416 g/mol. The zero-order valence-electron chi connectivity index (χ0n) is 19.0. The van der Waals surface area contributed by atoms with Crippen LogP contribution in [0.15, 0.2) is 36.5 Å². The molecule has 1 saturated heterocycles. The summed E-state index contributed by atoms with van der Waals surface area (Å²) in [5.41, 5.74) is 2.82. The quantitative estimate of drug-likeness (QED) is 0.584. The fraction of sp³-hybridized carbons (Fsp3) is 0.400. The standard InChI is InChI=1S/C25H28N6O2/c1-16(32)21-4-3-19(13-23(21)33)29-7-9-30(10-8-29)24-6-5-22-17(14-26)15-31(25(22)28-24)20-11-18(12-20)27-2/h3-6,13,15,18,20,27,33H,7-12H2,1-2H3/t18-,20-. The zero-order valence-corrected chi connectivity index (χ0v) is 19.0. The van der Waals surface area contributed by atoms with E-state index in [1.807, 2.05) is 31.4 Å². The van der Waals surface area contributed by atoms with Crippen LogP contribution in [0.2, 0.25) is 0 Å². The topological polar surface area (TPSA) is 97.4 Å². The van der Waals surface area contributed by atoms with Gasteiger partial charge in [0, 0.05) is 61.6 Å². The van der Waals surface area contributed by atoms with Crippen molar-refractivity contribution >= 4 is 28.3 Å². The van der Waals surface area contributed by atoms with Crippen molar-refractivity contribution in [2.75, 3.05) is 43.0 Å². The monoisotopic (exact) mass is 444 g/mol. The second kappa shape index (κ2) is 8.41. The first-order chi connectivity index (χ1) is 16.0. The number of rotatable bonds is 5. The lowest BCUT2D eigenvalue weighted by Crippen LogP contribution is -2.46. The van der Waals surface area contributed by atoms with Gasteiger partial charge in [0.2, 0.25) is 0 Å². The minimum Gasteiger partial charge on any atom is -0.507 e. The van der Waals surface area contributed by atoms with Gasteiger partial charge in [0.15, 0.2) is 5.78 Å². The minimum atomic E-state index is -0.141. The first kappa shape index (κ1) is 21.3. The lowest BCUT2D eigenvalue weighted by molar-refractivity contribution is 0.101. The van der Waals surface area contributed by atoms with Crippen molar-refractivity contribution in [1.82, 2.24) is 14.9 Å². The Balaban J connectivity index is 1.34. The van der Waals surface area contributed by atoms with Crippen LogP contribution in [0.1, 0.15) is 41.7 Å². The number of nitrogens with one attached hydrogen (secondary N) is 1. The molecule has 8 nitrogen and oxygen atoms in total. The number of carbonyl (C=O) groups is 1. The number of benzene rings is 1. The van der Waals surface area contributed by atoms with Crippen molar-refractivity contribution in [1.29, 1.82) is 5.26 Å². The molecule has 33 heavy (non-hydrogen) atoms. The lowest BCUT2D eigenvalue weighted by Gasteiger charge is -2.37. The van der Waals surface area contributed by atoms with Crippen LogP contribution in [-0.4, -0.2) is 59.7 Å². The Bertz CT molecular complexity index is 1250. The highest BCUT2D eigenvalue weighted by atomic mass is 16.3. The summed E-state index contributed by atoms with van der Waals surface area (Å²) in [4.78, 5) is 21.0. The van der Waals surface area contributed by atoms with Crippen LogP contribution in [0.25, 0.3) is 11.0 Å². The third-order valence-electron chi connectivity index (χ3n) is 7.03. The largest absolute Gasteiger partial charge is 0.507 e. The molecule has 170 valence electrons. The Morgan fingerprint density at radius 1 is 1.15 bits per heavy atom. The molecule has 0 spiro atoms. The number of aromatic hydroxyl groups is 1. The molecule has 1 aliphatic carbocycles. The van der Waals surface area contributed by atoms with E-state index in [1.165, 1.54) is 6.92 Å². The molecular formula is C25H28N6O2. The van der Waals surface area contributed by atoms with Crippen molar-refractivity contribution < 1.29 is 9.90 Å². The van der Waals surface area contributed by atoms with Crippen molar-refractivity contribution in [2.24, 2.45) is 0 Å². The fourth-order valence-electron chi connectivity index (χ4n) is 4.92. The normalized spacial score (nSPS) is 20.5. The number of phenols is 1. The maximum atomic E-state index is 11.6. The molecule has 0 bridgehead atoms. The molecule has 2 fully saturated rings. The first-order valence-electron chi connectivity index (χ1n) is 11.4. The van der Waals surface area contributed by atoms with E-state index < -0.39 is 0 Å². The van der Waals surface area contributed by atoms with Crippen LogP contribution in [0.3, 0.4) is 0 Å². The number of nitrogens with zero attached hydrogens (tertiary/aromatic N) is 5. The molecule has 2 aliphatic rings. The predicted molar refractivity (Wildman–Crippen MR) is 128 cm³/mol. The minimum absolute atomic E-state index is 0.0279. The van der Waals surface area contributed by atoms with E-state index in [-0.39, 0.29) is 11.5 Å². The number of carbonyl (C=O) groups excluding carboxylic acids is 1. The summed E-state index contributed by atoms with van der Waals surface area (Å²) in [6.07, 6.45) is 4.04. The Labute approximate surface area is 193 Å². The number of aromatic nitrogens is 2. The molecule has 2 aromatic heterocycles. The molecule has 1 saturated carbocycles. The highest BCUT2D eigenvalue weighted by molar-refractivity contribution is 5.97. The van der Waals surface area contributed by atoms with Crippen LogP contribution in [0, 0.1) is 11.3 Å². The SMILES string of the molecule is CN[C@H]1C[C@H](n2cc(C#N)c3ccc(N4CCN(c5ccc(C(C)=O)c(O)c5)CC4)nc32)C1. The number of fused-ring (bicyclic) bond motifs is 1. The van der Waals surface area contributed by atoms with Gasteiger partial charge in [-0.1, -0.05) is 0 Å². The number of hydrogen-bond donors (Lipinski definition) is 2. The Morgan fingerprint density at radius 3 is 2.52 bits per heavy atom. The van der Waals surface area contributed by atoms with E-state index in [9.17, 15) is 15.2 Å². The summed E-state index contributed by atoms with van der Waals surface area (Å²) in [6, 6.07) is 12.5. The van der Waals surface area contributed by atoms with Crippen LogP contribution in [0.5, 0.6) is 5.75 Å². The van der Waals surface area contributed by atoms with Gasteiger partial charge in [-0.2, -0.15) is 5.26 Å². The Kier molecular flexibility index (Phi) is 5.43. The van der Waals surface area contributed by atoms with E-state index >= 15 is 0 Å². The molecule has 3 heterocycles. The number of phenolic OH excluding ortho intramolecular Hbond substituents is 1. The molecule has 2 N–H and O–H groups in total. The molecule has 1 aliphatic heterocycles. The van der Waals surface area contributed by atoms with Gasteiger partial charge < -0.3 is 24.8 Å². The lowest BCUT2D eigenvalue weighted by atomic mass is 9.87. The third-order valence-corrected chi connectivity index (χ3v) is 7.03. The maximum Gasteiger partial charge on any atom is 0.163 e. The summed E-state index contributed by atoms with van der Waals surface area (Å²) in [5, 5.41) is 24.0. The smallest absolute Gasteiger partial charge is 0.163 e. The predicted octanol–water partition coefficient (Wildman–Crippen LogP) is 3.07. The van der Waals surface area contributed by atoms with Gasteiger partial charge in [0.05, 0.1) is 11.1 Å². The average molecular weight is 445 g/mol. The number of nitriles is 1. The van der Waals surface area contributed by atoms with Gasteiger partial charge in [-0.05, 0) is 51.1 Å². The zero-order chi connectivity index (χ0) is 23.1. The highest BCUT2D eigenvalue weighted by Crippen LogP contribution is 2.36. The van der Waals surface area contributed by atoms with Crippen molar-refractivity contribution in [3.63, 3.8) is 0 Å².